The quantitative estimate of drug-likeness (QED) is 0.570. The summed E-state index contributed by atoms with van der Waals surface area (Å²) in [6, 6.07) is 10.3. The van der Waals surface area contributed by atoms with Gasteiger partial charge in [-0.2, -0.15) is 0 Å². The molecule has 166 valence electrons. The average molecular weight is 447 g/mol. The van der Waals surface area contributed by atoms with Crippen molar-refractivity contribution >= 4 is 21.9 Å². The molecule has 0 saturated heterocycles. The summed E-state index contributed by atoms with van der Waals surface area (Å²) in [6.07, 6.45) is 1.66. The van der Waals surface area contributed by atoms with E-state index in [9.17, 15) is 13.2 Å². The van der Waals surface area contributed by atoms with Gasteiger partial charge in [0, 0.05) is 5.57 Å². The van der Waals surface area contributed by atoms with Gasteiger partial charge in [-0.15, -0.1) is 0 Å². The summed E-state index contributed by atoms with van der Waals surface area (Å²) in [4.78, 5) is 12.1. The van der Waals surface area contributed by atoms with Gasteiger partial charge in [0.1, 0.15) is 12.4 Å². The number of carbonyl (C=O) groups is 1. The average Bonchev–Trinajstić information content (AvgIpc) is 2.89. The van der Waals surface area contributed by atoms with Gasteiger partial charge in [-0.3, -0.25) is 0 Å². The minimum atomic E-state index is -3.51. The zero-order valence-corrected chi connectivity index (χ0v) is 18.7. The topological polar surface area (TPSA) is 88.1 Å². The van der Waals surface area contributed by atoms with Gasteiger partial charge in [-0.25, -0.2) is 13.2 Å². The fourth-order valence-corrected chi connectivity index (χ4v) is 4.73. The maximum absolute atomic E-state index is 12.6. The maximum atomic E-state index is 12.6. The van der Waals surface area contributed by atoms with E-state index in [1.807, 2.05) is 32.0 Å². The third-order valence-electron chi connectivity index (χ3n) is 4.75. The second kappa shape index (κ2) is 9.87. The Morgan fingerprint density at radius 1 is 0.968 bits per heavy atom. The number of hydrogen-bond acceptors (Lipinski definition) is 7. The first kappa shape index (κ1) is 22.7. The van der Waals surface area contributed by atoms with E-state index in [1.165, 1.54) is 13.2 Å². The molecule has 0 fully saturated rings. The van der Waals surface area contributed by atoms with Crippen LogP contribution in [0.3, 0.4) is 0 Å². The number of rotatable bonds is 8. The van der Waals surface area contributed by atoms with Crippen molar-refractivity contribution in [2.45, 2.75) is 31.8 Å². The third kappa shape index (κ3) is 5.38. The summed E-state index contributed by atoms with van der Waals surface area (Å²) in [6.45, 7) is 5.11. The second-order valence-corrected chi connectivity index (χ2v) is 8.94. The Kier molecular flexibility index (Phi) is 7.22. The Morgan fingerprint density at radius 2 is 1.71 bits per heavy atom. The zero-order valence-electron chi connectivity index (χ0n) is 17.8. The number of fused-ring (bicyclic) bond motifs is 1. The van der Waals surface area contributed by atoms with Crippen LogP contribution in [-0.2, 0) is 26.0 Å². The second-order valence-electron chi connectivity index (χ2n) is 6.87. The van der Waals surface area contributed by atoms with Crippen LogP contribution in [0.25, 0.3) is 6.08 Å². The predicted octanol–water partition coefficient (Wildman–Crippen LogP) is 3.80. The molecule has 0 radical (unpaired) electrons. The van der Waals surface area contributed by atoms with E-state index in [4.69, 9.17) is 18.9 Å². The predicted molar refractivity (Wildman–Crippen MR) is 116 cm³/mol. The molecule has 1 heterocycles. The van der Waals surface area contributed by atoms with Crippen LogP contribution < -0.4 is 14.2 Å². The van der Waals surface area contributed by atoms with Crippen LogP contribution in [0.5, 0.6) is 17.2 Å². The Morgan fingerprint density at radius 3 is 2.42 bits per heavy atom. The molecule has 1 aliphatic rings. The molecule has 1 aliphatic heterocycles. The van der Waals surface area contributed by atoms with Gasteiger partial charge in [-0.05, 0) is 67.8 Å². The van der Waals surface area contributed by atoms with Crippen LogP contribution in [0.2, 0.25) is 0 Å². The molecule has 0 unspecified atom stereocenters. The van der Waals surface area contributed by atoms with Crippen molar-refractivity contribution < 1.29 is 32.2 Å². The van der Waals surface area contributed by atoms with Crippen molar-refractivity contribution in [2.75, 3.05) is 26.1 Å². The Labute approximate surface area is 182 Å². The van der Waals surface area contributed by atoms with Crippen LogP contribution in [0.15, 0.2) is 46.9 Å². The lowest BCUT2D eigenvalue weighted by molar-refractivity contribution is -0.136. The molecule has 0 bridgehead atoms. The van der Waals surface area contributed by atoms with E-state index < -0.39 is 15.8 Å². The molecule has 0 atom stereocenters. The number of ether oxygens (including phenoxy) is 4. The molecule has 2 aromatic carbocycles. The van der Waals surface area contributed by atoms with Crippen molar-refractivity contribution in [1.82, 2.24) is 0 Å². The van der Waals surface area contributed by atoms with Gasteiger partial charge in [-0.1, -0.05) is 6.07 Å². The van der Waals surface area contributed by atoms with Gasteiger partial charge in [0.2, 0.25) is 0 Å². The smallest absolute Gasteiger partial charge is 0.333 e. The van der Waals surface area contributed by atoms with Crippen LogP contribution >= 0.6 is 0 Å². The van der Waals surface area contributed by atoms with Gasteiger partial charge in [0.15, 0.2) is 21.3 Å². The van der Waals surface area contributed by atoms with E-state index >= 15 is 0 Å². The standard InChI is InChI=1S/C23H26O7S/c1-4-28-20-8-6-16(12-21(20)29-5-2)15-30-19-7-9-22-18(14-19)13-17(23(24)27-3)10-11-31(22,25)26/h6-9,12-14H,4-5,10-11,15H2,1-3H3. The fourth-order valence-electron chi connectivity index (χ4n) is 3.27. The van der Waals surface area contributed by atoms with Crippen molar-refractivity contribution in [2.24, 2.45) is 0 Å². The van der Waals surface area contributed by atoms with Crippen molar-refractivity contribution in [3.63, 3.8) is 0 Å². The van der Waals surface area contributed by atoms with E-state index in [1.54, 1.807) is 18.2 Å². The maximum Gasteiger partial charge on any atom is 0.333 e. The van der Waals surface area contributed by atoms with Crippen LogP contribution in [0.4, 0.5) is 0 Å². The lowest BCUT2D eigenvalue weighted by Crippen LogP contribution is -2.10. The number of methoxy groups -OCH3 is 1. The fraction of sp³-hybridized carbons (Fsp3) is 0.348. The number of benzene rings is 2. The van der Waals surface area contributed by atoms with Crippen molar-refractivity contribution in [3.05, 3.63) is 53.1 Å². The van der Waals surface area contributed by atoms with E-state index in [-0.39, 0.29) is 23.7 Å². The minimum Gasteiger partial charge on any atom is -0.490 e. The highest BCUT2D eigenvalue weighted by Crippen LogP contribution is 2.31. The first-order valence-electron chi connectivity index (χ1n) is 10.0. The summed E-state index contributed by atoms with van der Waals surface area (Å²) in [5.74, 6) is 1.12. The number of carbonyl (C=O) groups excluding carboxylic acids is 1. The molecule has 0 saturated carbocycles. The molecule has 8 heteroatoms. The first-order valence-corrected chi connectivity index (χ1v) is 11.7. The highest BCUT2D eigenvalue weighted by atomic mass is 32.2. The van der Waals surface area contributed by atoms with Gasteiger partial charge < -0.3 is 18.9 Å². The molecule has 31 heavy (non-hydrogen) atoms. The number of hydrogen-bond donors (Lipinski definition) is 0. The Balaban J connectivity index is 1.85. The van der Waals surface area contributed by atoms with E-state index in [0.717, 1.165) is 5.56 Å². The summed E-state index contributed by atoms with van der Waals surface area (Å²) in [5, 5.41) is 0. The molecule has 0 amide bonds. The summed E-state index contributed by atoms with van der Waals surface area (Å²) in [5.41, 5.74) is 1.60. The normalized spacial score (nSPS) is 14.6. The van der Waals surface area contributed by atoms with Gasteiger partial charge in [0.05, 0.1) is 31.0 Å². The van der Waals surface area contributed by atoms with Crippen LogP contribution in [0.1, 0.15) is 31.4 Å². The molecule has 0 N–H and O–H groups in total. The lowest BCUT2D eigenvalue weighted by Gasteiger charge is -2.13. The highest BCUT2D eigenvalue weighted by molar-refractivity contribution is 7.91. The molecule has 2 aromatic rings. The minimum absolute atomic E-state index is 0.103. The Hall–Kier alpha value is -3.00. The summed E-state index contributed by atoms with van der Waals surface area (Å²) < 4.78 is 47.0. The van der Waals surface area contributed by atoms with Crippen molar-refractivity contribution in [3.8, 4) is 17.2 Å². The third-order valence-corrected chi connectivity index (χ3v) is 6.53. The van der Waals surface area contributed by atoms with E-state index in [2.05, 4.69) is 0 Å². The van der Waals surface area contributed by atoms with Gasteiger partial charge >= 0.3 is 5.97 Å². The molecule has 3 rings (SSSR count). The molecule has 0 aromatic heterocycles. The Bertz CT molecular complexity index is 1090. The largest absolute Gasteiger partial charge is 0.490 e. The molecule has 7 nitrogen and oxygen atoms in total. The molecular formula is C23H26O7S. The number of esters is 1. The van der Waals surface area contributed by atoms with E-state index in [0.29, 0.717) is 41.6 Å². The van der Waals surface area contributed by atoms with Crippen LogP contribution in [0, 0.1) is 0 Å². The SMILES string of the molecule is CCOc1ccc(COc2ccc3c(c2)C=C(C(=O)OC)CCS3(=O)=O)cc1OCC. The molecular weight excluding hydrogens is 420 g/mol. The number of sulfone groups is 1. The first-order chi connectivity index (χ1) is 14.9. The van der Waals surface area contributed by atoms with Crippen molar-refractivity contribution in [1.29, 1.82) is 0 Å². The van der Waals surface area contributed by atoms with Gasteiger partial charge in [0.25, 0.3) is 0 Å². The lowest BCUT2D eigenvalue weighted by atomic mass is 10.1. The zero-order chi connectivity index (χ0) is 22.4. The summed E-state index contributed by atoms with van der Waals surface area (Å²) >= 11 is 0. The van der Waals surface area contributed by atoms with Crippen LogP contribution in [-0.4, -0.2) is 40.5 Å². The molecule has 0 spiro atoms. The monoisotopic (exact) mass is 446 g/mol. The summed E-state index contributed by atoms with van der Waals surface area (Å²) in [7, 11) is -2.23. The highest BCUT2D eigenvalue weighted by Gasteiger charge is 2.25. The molecule has 0 aliphatic carbocycles.